The average molecular weight is 695 g/mol. The fourth-order valence-electron chi connectivity index (χ4n) is 7.77. The van der Waals surface area contributed by atoms with Crippen molar-refractivity contribution in [3.05, 3.63) is 176 Å². The van der Waals surface area contributed by atoms with Gasteiger partial charge >= 0.3 is 7.48 Å². The van der Waals surface area contributed by atoms with Gasteiger partial charge < -0.3 is 4.65 Å². The van der Waals surface area contributed by atoms with E-state index in [0.29, 0.717) is 13.4 Å². The molecule has 54 heavy (non-hydrogen) atoms. The molecule has 0 atom stereocenters. The van der Waals surface area contributed by atoms with Crippen LogP contribution in [0, 0.1) is 5.92 Å². The third kappa shape index (κ3) is 6.27. The minimum Gasteiger partial charge on any atom is -0.429 e. The second-order valence-electron chi connectivity index (χ2n) is 15.5. The fraction of sp³-hybridized carbons (Fsp3) is 0.115. The summed E-state index contributed by atoms with van der Waals surface area (Å²) >= 11 is 0. The summed E-state index contributed by atoms with van der Waals surface area (Å²) in [6, 6.07) is 64.8. The largest absolute Gasteiger partial charge is 0.429 e. The van der Waals surface area contributed by atoms with Gasteiger partial charge in [0.05, 0.1) is 0 Å². The first-order valence-electron chi connectivity index (χ1n) is 19.1. The fourth-order valence-corrected chi connectivity index (χ4v) is 7.77. The van der Waals surface area contributed by atoms with Crippen molar-refractivity contribution in [2.45, 2.75) is 33.3 Å². The van der Waals surface area contributed by atoms with Crippen molar-refractivity contribution in [1.82, 2.24) is 0 Å². The van der Waals surface area contributed by atoms with E-state index in [0.717, 1.165) is 0 Å². The number of hydrogen-bond donors (Lipinski definition) is 0. The molecule has 0 aromatic heterocycles. The molecule has 9 aromatic rings. The van der Waals surface area contributed by atoms with Crippen molar-refractivity contribution in [3.63, 3.8) is 0 Å². The van der Waals surface area contributed by atoms with Crippen LogP contribution < -0.4 is 5.46 Å². The van der Waals surface area contributed by atoms with Crippen LogP contribution in [0.3, 0.4) is 0 Å². The summed E-state index contributed by atoms with van der Waals surface area (Å²) in [6.45, 7) is 8.83. The van der Waals surface area contributed by atoms with E-state index in [-0.39, 0.29) is 5.60 Å². The second-order valence-corrected chi connectivity index (χ2v) is 15.5. The molecule has 1 nitrogen and oxygen atoms in total. The van der Waals surface area contributed by atoms with E-state index in [2.05, 4.69) is 204 Å². The van der Waals surface area contributed by atoms with E-state index in [1.807, 2.05) is 0 Å². The van der Waals surface area contributed by atoms with E-state index in [4.69, 9.17) is 4.65 Å². The summed E-state index contributed by atoms with van der Waals surface area (Å²) < 4.78 is 6.55. The van der Waals surface area contributed by atoms with Crippen LogP contribution >= 0.6 is 0 Å². The van der Waals surface area contributed by atoms with E-state index in [1.54, 1.807) is 0 Å². The number of fused-ring (bicyclic) bond motifs is 4. The van der Waals surface area contributed by atoms with Crippen LogP contribution in [0.2, 0.25) is 0 Å². The zero-order chi connectivity index (χ0) is 36.8. The molecular formula is C52H43BO. The lowest BCUT2D eigenvalue weighted by Crippen LogP contribution is -2.36. The Morgan fingerprint density at radius 2 is 0.796 bits per heavy atom. The molecule has 0 aliphatic heterocycles. The summed E-state index contributed by atoms with van der Waals surface area (Å²) in [5.41, 5.74) is 10.8. The zero-order valence-electron chi connectivity index (χ0n) is 31.4. The van der Waals surface area contributed by atoms with Crippen LogP contribution in [-0.2, 0) is 4.65 Å². The molecule has 0 radical (unpaired) electrons. The minimum atomic E-state index is -0.224. The van der Waals surface area contributed by atoms with Crippen molar-refractivity contribution in [3.8, 4) is 44.5 Å². The maximum absolute atomic E-state index is 6.55. The Balaban J connectivity index is 1.19. The van der Waals surface area contributed by atoms with Gasteiger partial charge in [-0.3, -0.25) is 0 Å². The van der Waals surface area contributed by atoms with Gasteiger partial charge in [0.1, 0.15) is 0 Å². The highest BCUT2D eigenvalue weighted by atomic mass is 16.5. The average Bonchev–Trinajstić information content (AvgIpc) is 3.21. The number of benzene rings is 9. The lowest BCUT2D eigenvalue weighted by molar-refractivity contribution is 0.0668. The smallest absolute Gasteiger partial charge is 0.309 e. The molecule has 0 amide bonds. The Hall–Kier alpha value is -5.96. The highest BCUT2D eigenvalue weighted by Gasteiger charge is 2.24. The summed E-state index contributed by atoms with van der Waals surface area (Å²) in [7, 11) is 0.560. The Labute approximate surface area is 319 Å². The van der Waals surface area contributed by atoms with Gasteiger partial charge in [0, 0.05) is 5.60 Å². The minimum absolute atomic E-state index is 0.224. The summed E-state index contributed by atoms with van der Waals surface area (Å²) in [5, 5.41) is 10.0. The van der Waals surface area contributed by atoms with Crippen LogP contribution in [0.5, 0.6) is 0 Å². The monoisotopic (exact) mass is 694 g/mol. The quantitative estimate of drug-likeness (QED) is 0.114. The molecule has 0 saturated heterocycles. The maximum atomic E-state index is 6.55. The lowest BCUT2D eigenvalue weighted by Gasteiger charge is -2.30. The standard InChI is InChI=1S/C52H43BO/c1-34(2)52(3,4)54-53-45-29-30-48-49(33-45)51(40-25-19-38(20-26-40)44-28-22-36-12-6-8-14-42(36)32-44)47-16-10-9-15-46(47)50(48)39-23-17-37(18-24-39)43-27-21-35-11-5-7-13-41(35)31-43/h5-34,53H,1-4H3. The van der Waals surface area contributed by atoms with Crippen LogP contribution in [0.4, 0.5) is 0 Å². The van der Waals surface area contributed by atoms with Crippen molar-refractivity contribution >= 4 is 56.0 Å². The Morgan fingerprint density at radius 3 is 1.30 bits per heavy atom. The first-order valence-corrected chi connectivity index (χ1v) is 19.1. The van der Waals surface area contributed by atoms with Gasteiger partial charge in [0.2, 0.25) is 0 Å². The molecule has 0 aliphatic rings. The van der Waals surface area contributed by atoms with Crippen molar-refractivity contribution in [2.75, 3.05) is 0 Å². The summed E-state index contributed by atoms with van der Waals surface area (Å²) in [6.07, 6.45) is 0. The van der Waals surface area contributed by atoms with E-state index in [1.165, 1.54) is 93.1 Å². The van der Waals surface area contributed by atoms with Gasteiger partial charge in [0.25, 0.3) is 0 Å². The first-order chi connectivity index (χ1) is 26.3. The SMILES string of the molecule is CC(C)C(C)(C)OBc1ccc2c(-c3ccc(-c4ccc5ccccc5c4)cc3)c3ccccc3c(-c3ccc(-c4ccc5ccccc5c4)cc3)c2c1. The Morgan fingerprint density at radius 1 is 0.389 bits per heavy atom. The molecule has 0 bridgehead atoms. The molecule has 260 valence electrons. The van der Waals surface area contributed by atoms with E-state index < -0.39 is 0 Å². The molecular weight excluding hydrogens is 651 g/mol. The second kappa shape index (κ2) is 13.8. The molecule has 2 heteroatoms. The van der Waals surface area contributed by atoms with Crippen molar-refractivity contribution < 1.29 is 4.65 Å². The van der Waals surface area contributed by atoms with Crippen LogP contribution in [0.1, 0.15) is 27.7 Å². The normalized spacial score (nSPS) is 11.9. The molecule has 0 aliphatic carbocycles. The highest BCUT2D eigenvalue weighted by molar-refractivity contribution is 6.48. The van der Waals surface area contributed by atoms with Crippen LogP contribution in [0.15, 0.2) is 176 Å². The maximum Gasteiger partial charge on any atom is 0.309 e. The van der Waals surface area contributed by atoms with Gasteiger partial charge in [-0.25, -0.2) is 0 Å². The molecule has 0 N–H and O–H groups in total. The number of hydrogen-bond acceptors (Lipinski definition) is 1. The Kier molecular flexibility index (Phi) is 8.65. The molecule has 9 rings (SSSR count). The topological polar surface area (TPSA) is 9.23 Å². The molecule has 0 spiro atoms. The Bertz CT molecular complexity index is 2810. The number of rotatable bonds is 8. The third-order valence-corrected chi connectivity index (χ3v) is 11.6. The zero-order valence-corrected chi connectivity index (χ0v) is 31.4. The summed E-state index contributed by atoms with van der Waals surface area (Å²) in [5.74, 6) is 0.405. The van der Waals surface area contributed by atoms with Crippen LogP contribution in [-0.4, -0.2) is 13.1 Å². The lowest BCUT2D eigenvalue weighted by atomic mass is 9.80. The van der Waals surface area contributed by atoms with Gasteiger partial charge in [-0.2, -0.15) is 0 Å². The van der Waals surface area contributed by atoms with Gasteiger partial charge in [-0.15, -0.1) is 0 Å². The molecule has 0 heterocycles. The first kappa shape index (κ1) is 33.9. The van der Waals surface area contributed by atoms with Gasteiger partial charge in [-0.1, -0.05) is 183 Å². The molecule has 0 saturated carbocycles. The van der Waals surface area contributed by atoms with E-state index >= 15 is 0 Å². The van der Waals surface area contributed by atoms with Crippen molar-refractivity contribution in [1.29, 1.82) is 0 Å². The van der Waals surface area contributed by atoms with Crippen molar-refractivity contribution in [2.24, 2.45) is 5.92 Å². The predicted octanol–water partition coefficient (Wildman–Crippen LogP) is 13.4. The molecule has 0 unspecified atom stereocenters. The predicted molar refractivity (Wildman–Crippen MR) is 235 cm³/mol. The van der Waals surface area contributed by atoms with Crippen LogP contribution in [0.25, 0.3) is 87.6 Å². The van der Waals surface area contributed by atoms with Gasteiger partial charge in [0.15, 0.2) is 0 Å². The molecule has 0 fully saturated rings. The highest BCUT2D eigenvalue weighted by Crippen LogP contribution is 2.44. The molecule has 9 aromatic carbocycles. The van der Waals surface area contributed by atoms with E-state index in [9.17, 15) is 0 Å². The summed E-state index contributed by atoms with van der Waals surface area (Å²) in [4.78, 5) is 0. The third-order valence-electron chi connectivity index (χ3n) is 11.6. The van der Waals surface area contributed by atoms with Gasteiger partial charge in [-0.05, 0) is 119 Å².